The molecule has 0 saturated carbocycles. The van der Waals surface area contributed by atoms with E-state index in [-0.39, 0.29) is 23.7 Å². The number of ketones is 2. The van der Waals surface area contributed by atoms with Gasteiger partial charge in [-0.2, -0.15) is 23.5 Å². The zero-order valence-corrected chi connectivity index (χ0v) is 24.9. The molecule has 210 valence electrons. The molecule has 0 aromatic heterocycles. The first kappa shape index (κ1) is 35.0. The summed E-state index contributed by atoms with van der Waals surface area (Å²) in [5.74, 6) is 4.97. The van der Waals surface area contributed by atoms with E-state index in [0.717, 1.165) is 23.0 Å². The number of thioether (sulfide) groups is 2. The van der Waals surface area contributed by atoms with E-state index in [1.165, 1.54) is 51.4 Å². The Kier molecular flexibility index (Phi) is 23.6. The summed E-state index contributed by atoms with van der Waals surface area (Å²) in [6.07, 6.45) is 13.8. The van der Waals surface area contributed by atoms with Crippen molar-refractivity contribution in [2.24, 2.45) is 11.8 Å². The number of unbranched alkanes of at least 4 members (excludes halogenated alkanes) is 7. The predicted octanol–water partition coefficient (Wildman–Crippen LogP) is 5.81. The zero-order chi connectivity index (χ0) is 27.0. The van der Waals surface area contributed by atoms with Crippen LogP contribution in [-0.2, 0) is 19.2 Å². The molecule has 36 heavy (non-hydrogen) atoms. The van der Waals surface area contributed by atoms with Gasteiger partial charge in [-0.05, 0) is 49.0 Å². The lowest BCUT2D eigenvalue weighted by Crippen LogP contribution is -2.37. The van der Waals surface area contributed by atoms with Gasteiger partial charge in [0.05, 0.1) is 12.1 Å². The first-order chi connectivity index (χ1) is 17.3. The molecule has 2 amide bonds. The molecule has 0 aromatic rings. The minimum absolute atomic E-state index is 0.150. The number of carbonyl (C=O) groups is 4. The summed E-state index contributed by atoms with van der Waals surface area (Å²) in [6.45, 7) is 8.25. The topological polar surface area (TPSA) is 92.3 Å². The fourth-order valence-electron chi connectivity index (χ4n) is 4.06. The summed E-state index contributed by atoms with van der Waals surface area (Å²) in [5.41, 5.74) is 0. The lowest BCUT2D eigenvalue weighted by Gasteiger charge is -2.16. The van der Waals surface area contributed by atoms with Crippen molar-refractivity contribution in [3.8, 4) is 0 Å². The molecule has 2 N–H and O–H groups in total. The van der Waals surface area contributed by atoms with E-state index in [4.69, 9.17) is 0 Å². The third-order valence-corrected chi connectivity index (χ3v) is 8.18. The molecule has 0 aromatic carbocycles. The minimum Gasteiger partial charge on any atom is -0.349 e. The molecule has 0 spiro atoms. The van der Waals surface area contributed by atoms with Crippen molar-refractivity contribution in [2.75, 3.05) is 23.0 Å². The zero-order valence-electron chi connectivity index (χ0n) is 23.2. The summed E-state index contributed by atoms with van der Waals surface area (Å²) in [5, 5.41) is 5.34. The van der Waals surface area contributed by atoms with Crippen LogP contribution in [0, 0.1) is 11.8 Å². The average Bonchev–Trinajstić information content (AvgIpc) is 2.82. The van der Waals surface area contributed by atoms with Gasteiger partial charge in [-0.1, -0.05) is 66.2 Å². The van der Waals surface area contributed by atoms with Crippen LogP contribution in [0.3, 0.4) is 0 Å². The van der Waals surface area contributed by atoms with E-state index in [1.54, 1.807) is 0 Å². The Balaban J connectivity index is 3.52. The van der Waals surface area contributed by atoms with E-state index in [2.05, 4.69) is 38.3 Å². The Labute approximate surface area is 229 Å². The van der Waals surface area contributed by atoms with Gasteiger partial charge in [-0.3, -0.25) is 19.2 Å². The van der Waals surface area contributed by atoms with E-state index >= 15 is 0 Å². The van der Waals surface area contributed by atoms with Crippen molar-refractivity contribution in [3.05, 3.63) is 0 Å². The molecule has 0 rings (SSSR count). The molecule has 0 unspecified atom stereocenters. The number of carbonyl (C=O) groups excluding carboxylic acids is 4. The highest BCUT2D eigenvalue weighted by Crippen LogP contribution is 2.15. The Morgan fingerprint density at radius 1 is 0.583 bits per heavy atom. The maximum Gasteiger partial charge on any atom is 0.207 e. The third-order valence-electron chi connectivity index (χ3n) is 6.04. The number of hydrogen-bond acceptors (Lipinski definition) is 6. The molecule has 6 nitrogen and oxygen atoms in total. The van der Waals surface area contributed by atoms with Crippen LogP contribution in [0.4, 0.5) is 0 Å². The summed E-state index contributed by atoms with van der Waals surface area (Å²) < 4.78 is 0. The number of rotatable bonds is 27. The second kappa shape index (κ2) is 24.3. The first-order valence-corrected chi connectivity index (χ1v) is 16.2. The van der Waals surface area contributed by atoms with Gasteiger partial charge in [-0.15, -0.1) is 0 Å². The van der Waals surface area contributed by atoms with Crippen molar-refractivity contribution >= 4 is 47.9 Å². The molecule has 0 bridgehead atoms. The molecule has 0 heterocycles. The predicted molar refractivity (Wildman–Crippen MR) is 156 cm³/mol. The lowest BCUT2D eigenvalue weighted by molar-refractivity contribution is -0.123. The highest BCUT2D eigenvalue weighted by molar-refractivity contribution is 7.99. The van der Waals surface area contributed by atoms with Gasteiger partial charge in [0.2, 0.25) is 12.8 Å². The fourth-order valence-corrected chi connectivity index (χ4v) is 5.97. The number of amides is 2. The molecule has 8 heteroatoms. The number of hydrogen-bond donors (Lipinski definition) is 2. The second-order valence-electron chi connectivity index (χ2n) is 10.4. The van der Waals surface area contributed by atoms with Gasteiger partial charge < -0.3 is 10.6 Å². The second-order valence-corrected chi connectivity index (χ2v) is 12.9. The highest BCUT2D eigenvalue weighted by Gasteiger charge is 2.19. The van der Waals surface area contributed by atoms with Crippen LogP contribution in [0.25, 0.3) is 0 Å². The number of Topliss-reactive ketones (excluding diaryl/α,β-unsaturated/α-hetero) is 2. The largest absolute Gasteiger partial charge is 0.349 e. The molecular weight excluding hydrogens is 492 g/mol. The van der Waals surface area contributed by atoms with Gasteiger partial charge in [0, 0.05) is 24.3 Å². The highest BCUT2D eigenvalue weighted by atomic mass is 32.2. The molecule has 0 radical (unpaired) electrons. The molecule has 0 aliphatic carbocycles. The first-order valence-electron chi connectivity index (χ1n) is 13.9. The van der Waals surface area contributed by atoms with Crippen molar-refractivity contribution < 1.29 is 19.2 Å². The summed E-state index contributed by atoms with van der Waals surface area (Å²) >= 11 is 3.69. The monoisotopic (exact) mass is 544 g/mol. The van der Waals surface area contributed by atoms with Crippen LogP contribution in [0.15, 0.2) is 0 Å². The van der Waals surface area contributed by atoms with E-state index in [1.807, 2.05) is 23.5 Å². The van der Waals surface area contributed by atoms with Gasteiger partial charge in [0.15, 0.2) is 11.6 Å². The maximum atomic E-state index is 12.2. The van der Waals surface area contributed by atoms with Gasteiger partial charge in [0.1, 0.15) is 0 Å². The van der Waals surface area contributed by atoms with Crippen LogP contribution in [-0.4, -0.2) is 59.5 Å². The SMILES string of the molecule is CC(C)C[C@H](NC=O)C(=O)CCSCCCCCCCCCCSCCC(=O)[C@H](CC(C)C)NC=O. The van der Waals surface area contributed by atoms with Crippen LogP contribution < -0.4 is 10.6 Å². The Bertz CT molecular complexity index is 538. The Morgan fingerprint density at radius 2 is 0.917 bits per heavy atom. The normalized spacial score (nSPS) is 12.9. The van der Waals surface area contributed by atoms with E-state index in [0.29, 0.717) is 50.3 Å². The summed E-state index contributed by atoms with van der Waals surface area (Å²) in [7, 11) is 0. The minimum atomic E-state index is -0.329. The lowest BCUT2D eigenvalue weighted by atomic mass is 9.99. The van der Waals surface area contributed by atoms with Gasteiger partial charge in [0.25, 0.3) is 0 Å². The van der Waals surface area contributed by atoms with Crippen molar-refractivity contribution in [2.45, 2.75) is 117 Å². The molecule has 0 aliphatic heterocycles. The van der Waals surface area contributed by atoms with Crippen LogP contribution in [0.2, 0.25) is 0 Å². The Hall–Kier alpha value is -1.02. The maximum absolute atomic E-state index is 12.2. The van der Waals surface area contributed by atoms with E-state index < -0.39 is 0 Å². The molecule has 0 saturated heterocycles. The van der Waals surface area contributed by atoms with Crippen molar-refractivity contribution in [3.63, 3.8) is 0 Å². The van der Waals surface area contributed by atoms with Crippen LogP contribution >= 0.6 is 23.5 Å². The van der Waals surface area contributed by atoms with Crippen LogP contribution in [0.5, 0.6) is 0 Å². The average molecular weight is 545 g/mol. The van der Waals surface area contributed by atoms with Crippen molar-refractivity contribution in [1.82, 2.24) is 10.6 Å². The third kappa shape index (κ3) is 21.1. The summed E-state index contributed by atoms with van der Waals surface area (Å²) in [6, 6.07) is -0.657. The summed E-state index contributed by atoms with van der Waals surface area (Å²) in [4.78, 5) is 45.9. The van der Waals surface area contributed by atoms with Gasteiger partial charge in [-0.25, -0.2) is 0 Å². The Morgan fingerprint density at radius 3 is 1.22 bits per heavy atom. The molecule has 2 atom stereocenters. The van der Waals surface area contributed by atoms with Gasteiger partial charge >= 0.3 is 0 Å². The standard InChI is InChI=1S/C28H52N2O4S2/c1-23(2)19-25(29-21-31)27(33)13-17-35-15-11-9-7-5-6-8-10-12-16-36-18-14-28(34)26(30-22-32)20-24(3)4/h21-26H,5-20H2,1-4H3,(H,29,31)(H,30,32)/t25-,26-/m0/s1. The number of nitrogens with one attached hydrogen (secondary N) is 2. The molecule has 0 aliphatic rings. The quantitative estimate of drug-likeness (QED) is 0.100. The van der Waals surface area contributed by atoms with E-state index in [9.17, 15) is 19.2 Å². The van der Waals surface area contributed by atoms with Crippen LogP contribution in [0.1, 0.15) is 105 Å². The smallest absolute Gasteiger partial charge is 0.207 e. The molecule has 0 fully saturated rings. The van der Waals surface area contributed by atoms with Crippen molar-refractivity contribution in [1.29, 1.82) is 0 Å². The molecular formula is C28H52N2O4S2. The fraction of sp³-hybridized carbons (Fsp3) is 0.857.